The van der Waals surface area contributed by atoms with Crippen LogP contribution in [0, 0.1) is 11.8 Å². The second kappa shape index (κ2) is 8.09. The Kier molecular flexibility index (Phi) is 5.60. The molecule has 0 aliphatic carbocycles. The van der Waals surface area contributed by atoms with Crippen LogP contribution in [0.5, 0.6) is 0 Å². The highest BCUT2D eigenvalue weighted by Crippen LogP contribution is 2.35. The lowest BCUT2D eigenvalue weighted by Crippen LogP contribution is -2.41. The first-order chi connectivity index (χ1) is 12.7. The van der Waals surface area contributed by atoms with Gasteiger partial charge in [0.05, 0.1) is 11.9 Å². The van der Waals surface area contributed by atoms with Gasteiger partial charge >= 0.3 is 0 Å². The molecule has 4 heterocycles. The average Bonchev–Trinajstić information content (AvgIpc) is 3.15. The third kappa shape index (κ3) is 3.96. The van der Waals surface area contributed by atoms with Gasteiger partial charge in [0.1, 0.15) is 0 Å². The van der Waals surface area contributed by atoms with Crippen molar-refractivity contribution in [2.24, 2.45) is 11.8 Å². The van der Waals surface area contributed by atoms with Crippen LogP contribution in [-0.4, -0.2) is 40.5 Å². The van der Waals surface area contributed by atoms with E-state index in [1.54, 1.807) is 0 Å². The molecule has 0 bridgehead atoms. The van der Waals surface area contributed by atoms with Crippen LogP contribution in [0.25, 0.3) is 0 Å². The molecule has 26 heavy (non-hydrogen) atoms. The van der Waals surface area contributed by atoms with Gasteiger partial charge in [0.25, 0.3) is 0 Å². The molecule has 7 heteroatoms. The SMILES string of the molecule is CCc1ccc(N2CCC(C3CCN(c4nc(Cl)ns4)CC3)CC2)cn1. The van der Waals surface area contributed by atoms with Gasteiger partial charge in [-0.1, -0.05) is 6.92 Å². The molecule has 4 rings (SSSR count). The Morgan fingerprint density at radius 1 is 1.04 bits per heavy atom. The molecule has 0 spiro atoms. The average molecular weight is 392 g/mol. The van der Waals surface area contributed by atoms with E-state index >= 15 is 0 Å². The van der Waals surface area contributed by atoms with Gasteiger partial charge in [-0.2, -0.15) is 9.36 Å². The summed E-state index contributed by atoms with van der Waals surface area (Å²) in [5, 5.41) is 1.35. The smallest absolute Gasteiger partial charge is 0.236 e. The molecule has 0 unspecified atom stereocenters. The highest BCUT2D eigenvalue weighted by Gasteiger charge is 2.30. The topological polar surface area (TPSA) is 45.2 Å². The Morgan fingerprint density at radius 2 is 1.69 bits per heavy atom. The summed E-state index contributed by atoms with van der Waals surface area (Å²) in [6, 6.07) is 4.40. The van der Waals surface area contributed by atoms with Crippen molar-refractivity contribution in [2.75, 3.05) is 36.0 Å². The van der Waals surface area contributed by atoms with Crippen molar-refractivity contribution in [1.82, 2.24) is 14.3 Å². The zero-order valence-electron chi connectivity index (χ0n) is 15.3. The van der Waals surface area contributed by atoms with Crippen molar-refractivity contribution in [2.45, 2.75) is 39.0 Å². The lowest BCUT2D eigenvalue weighted by molar-refractivity contribution is 0.233. The van der Waals surface area contributed by atoms with Gasteiger partial charge in [0.2, 0.25) is 10.4 Å². The number of hydrogen-bond acceptors (Lipinski definition) is 6. The van der Waals surface area contributed by atoms with E-state index in [4.69, 9.17) is 11.6 Å². The summed E-state index contributed by atoms with van der Waals surface area (Å²) >= 11 is 7.28. The molecule has 2 aliphatic heterocycles. The zero-order valence-corrected chi connectivity index (χ0v) is 16.8. The molecule has 0 N–H and O–H groups in total. The van der Waals surface area contributed by atoms with Crippen LogP contribution < -0.4 is 9.80 Å². The number of hydrogen-bond donors (Lipinski definition) is 0. The van der Waals surface area contributed by atoms with Crippen LogP contribution in [0.4, 0.5) is 10.8 Å². The molecule has 0 aromatic carbocycles. The first-order valence-corrected chi connectivity index (χ1v) is 10.8. The molecule has 5 nitrogen and oxygen atoms in total. The summed E-state index contributed by atoms with van der Waals surface area (Å²) in [5.41, 5.74) is 2.45. The van der Waals surface area contributed by atoms with E-state index in [0.717, 1.165) is 49.6 Å². The fourth-order valence-corrected chi connectivity index (χ4v) is 5.19. The second-order valence-electron chi connectivity index (χ2n) is 7.36. The predicted octanol–water partition coefficient (Wildman–Crippen LogP) is 4.28. The van der Waals surface area contributed by atoms with Gasteiger partial charge < -0.3 is 9.80 Å². The Morgan fingerprint density at radius 3 is 2.19 bits per heavy atom. The van der Waals surface area contributed by atoms with Gasteiger partial charge in [-0.15, -0.1) is 0 Å². The molecule has 0 atom stereocenters. The number of halogens is 1. The molecule has 2 aliphatic rings. The van der Waals surface area contributed by atoms with Crippen LogP contribution in [0.3, 0.4) is 0 Å². The van der Waals surface area contributed by atoms with E-state index in [2.05, 4.69) is 43.2 Å². The van der Waals surface area contributed by atoms with Crippen molar-refractivity contribution < 1.29 is 0 Å². The standard InChI is InChI=1S/C19H26ClN5S/c1-2-16-3-4-17(13-21-16)24-9-5-14(6-10-24)15-7-11-25(12-8-15)19-22-18(20)23-26-19/h3-4,13-15H,2,5-12H2,1H3. The van der Waals surface area contributed by atoms with E-state index in [0.29, 0.717) is 5.28 Å². The number of aryl methyl sites for hydroxylation is 1. The Hall–Kier alpha value is -1.40. The zero-order chi connectivity index (χ0) is 17.9. The largest absolute Gasteiger partial charge is 0.370 e. The number of pyridine rings is 1. The molecule has 0 saturated carbocycles. The van der Waals surface area contributed by atoms with E-state index in [1.807, 2.05) is 6.20 Å². The summed E-state index contributed by atoms with van der Waals surface area (Å²) in [6.45, 7) is 6.63. The molecule has 0 amide bonds. The summed E-state index contributed by atoms with van der Waals surface area (Å²) in [4.78, 5) is 13.7. The fraction of sp³-hybridized carbons (Fsp3) is 0.632. The lowest BCUT2D eigenvalue weighted by atomic mass is 9.79. The molecular formula is C19H26ClN5S. The van der Waals surface area contributed by atoms with E-state index in [9.17, 15) is 0 Å². The maximum atomic E-state index is 5.86. The van der Waals surface area contributed by atoms with Crippen molar-refractivity contribution in [3.05, 3.63) is 29.3 Å². The predicted molar refractivity (Wildman–Crippen MR) is 108 cm³/mol. The number of piperidine rings is 2. The van der Waals surface area contributed by atoms with Gasteiger partial charge in [0, 0.05) is 43.4 Å². The van der Waals surface area contributed by atoms with Crippen LogP contribution in [-0.2, 0) is 6.42 Å². The van der Waals surface area contributed by atoms with Crippen LogP contribution >= 0.6 is 23.1 Å². The maximum Gasteiger partial charge on any atom is 0.236 e. The Balaban J connectivity index is 1.27. The van der Waals surface area contributed by atoms with Gasteiger partial charge in [0.15, 0.2) is 0 Å². The van der Waals surface area contributed by atoms with Crippen molar-refractivity contribution in [3.63, 3.8) is 0 Å². The highest BCUT2D eigenvalue weighted by atomic mass is 35.5. The maximum absolute atomic E-state index is 5.86. The molecule has 0 radical (unpaired) electrons. The van der Waals surface area contributed by atoms with Crippen molar-refractivity contribution in [3.8, 4) is 0 Å². The third-order valence-corrected chi connectivity index (χ3v) is 6.99. The number of anilines is 2. The van der Waals surface area contributed by atoms with Crippen LogP contribution in [0.2, 0.25) is 5.28 Å². The second-order valence-corrected chi connectivity index (χ2v) is 8.42. The molecule has 2 fully saturated rings. The highest BCUT2D eigenvalue weighted by molar-refractivity contribution is 7.10. The van der Waals surface area contributed by atoms with E-state index in [1.165, 1.54) is 48.6 Å². The van der Waals surface area contributed by atoms with E-state index in [-0.39, 0.29) is 0 Å². The van der Waals surface area contributed by atoms with Gasteiger partial charge in [-0.05, 0) is 67.7 Å². The minimum atomic E-state index is 0.376. The number of nitrogens with zero attached hydrogens (tertiary/aromatic N) is 5. The van der Waals surface area contributed by atoms with Gasteiger partial charge in [-0.25, -0.2) is 0 Å². The molecule has 140 valence electrons. The molecule has 2 aromatic heterocycles. The lowest BCUT2D eigenvalue weighted by Gasteiger charge is -2.40. The molecular weight excluding hydrogens is 366 g/mol. The molecule has 2 saturated heterocycles. The summed E-state index contributed by atoms with van der Waals surface area (Å²) in [5.74, 6) is 1.70. The van der Waals surface area contributed by atoms with Crippen molar-refractivity contribution >= 4 is 34.0 Å². The number of aromatic nitrogens is 3. The summed E-state index contributed by atoms with van der Waals surface area (Å²) < 4.78 is 4.09. The Bertz CT molecular complexity index is 703. The third-order valence-electron chi connectivity index (χ3n) is 5.94. The normalized spacial score (nSPS) is 19.9. The first-order valence-electron chi connectivity index (χ1n) is 9.67. The van der Waals surface area contributed by atoms with Crippen LogP contribution in [0.1, 0.15) is 38.3 Å². The summed E-state index contributed by atoms with van der Waals surface area (Å²) in [6.07, 6.45) is 8.16. The minimum Gasteiger partial charge on any atom is -0.370 e. The fourth-order valence-electron chi connectivity index (χ4n) is 4.33. The van der Waals surface area contributed by atoms with Crippen LogP contribution in [0.15, 0.2) is 18.3 Å². The quantitative estimate of drug-likeness (QED) is 0.778. The minimum absolute atomic E-state index is 0.376. The molecule has 2 aromatic rings. The monoisotopic (exact) mass is 391 g/mol. The van der Waals surface area contributed by atoms with Crippen molar-refractivity contribution in [1.29, 1.82) is 0 Å². The Labute approximate surface area is 164 Å². The van der Waals surface area contributed by atoms with E-state index < -0.39 is 0 Å². The van der Waals surface area contributed by atoms with Gasteiger partial charge in [-0.3, -0.25) is 4.98 Å². The first kappa shape index (κ1) is 18.0. The number of rotatable bonds is 4. The summed E-state index contributed by atoms with van der Waals surface area (Å²) in [7, 11) is 0.